The molecule has 0 spiro atoms. The van der Waals surface area contributed by atoms with Crippen LogP contribution in [0.25, 0.3) is 0 Å². The molecule has 92 valence electrons. The van der Waals surface area contributed by atoms with Crippen molar-refractivity contribution in [2.45, 2.75) is 24.9 Å². The van der Waals surface area contributed by atoms with Crippen LogP contribution in [0, 0.1) is 0 Å². The van der Waals surface area contributed by atoms with Crippen molar-refractivity contribution in [3.05, 3.63) is 24.3 Å². The van der Waals surface area contributed by atoms with E-state index in [0.29, 0.717) is 12.1 Å². The second kappa shape index (κ2) is 5.05. The zero-order valence-corrected chi connectivity index (χ0v) is 9.86. The number of anilines is 2. The number of hydrogen-bond donors (Lipinski definition) is 4. The Bertz CT molecular complexity index is 384. The maximum Gasteiger partial charge on any atom is 0.318 e. The Morgan fingerprint density at radius 1 is 1.24 bits per heavy atom. The molecular formula is C12H18N4O. The van der Waals surface area contributed by atoms with Gasteiger partial charge in [-0.2, -0.15) is 0 Å². The predicted octanol–water partition coefficient (Wildman–Crippen LogP) is 1.34. The fourth-order valence-electron chi connectivity index (χ4n) is 1.86. The highest BCUT2D eigenvalue weighted by Crippen LogP contribution is 2.23. The van der Waals surface area contributed by atoms with E-state index in [1.165, 1.54) is 0 Å². The van der Waals surface area contributed by atoms with E-state index in [2.05, 4.69) is 16.0 Å². The Morgan fingerprint density at radius 2 is 1.82 bits per heavy atom. The lowest BCUT2D eigenvalue weighted by atomic mass is 9.87. The summed E-state index contributed by atoms with van der Waals surface area (Å²) in [4.78, 5) is 11.1. The van der Waals surface area contributed by atoms with Gasteiger partial charge in [-0.25, -0.2) is 4.79 Å². The van der Waals surface area contributed by atoms with Gasteiger partial charge in [0.05, 0.1) is 0 Å². The van der Waals surface area contributed by atoms with Crippen molar-refractivity contribution < 1.29 is 4.79 Å². The first-order valence-corrected chi connectivity index (χ1v) is 5.78. The molecule has 0 atom stereocenters. The van der Waals surface area contributed by atoms with Gasteiger partial charge in [0.1, 0.15) is 0 Å². The highest BCUT2D eigenvalue weighted by Gasteiger charge is 2.25. The van der Waals surface area contributed by atoms with Gasteiger partial charge in [-0.05, 0) is 37.1 Å². The van der Waals surface area contributed by atoms with Crippen LogP contribution in [0.4, 0.5) is 16.2 Å². The van der Waals surface area contributed by atoms with Crippen molar-refractivity contribution in [2.75, 3.05) is 17.7 Å². The zero-order valence-electron chi connectivity index (χ0n) is 9.86. The van der Waals surface area contributed by atoms with E-state index in [0.717, 1.165) is 24.2 Å². The molecule has 1 saturated carbocycles. The van der Waals surface area contributed by atoms with Gasteiger partial charge < -0.3 is 21.7 Å². The first-order chi connectivity index (χ1) is 8.17. The molecule has 1 aromatic carbocycles. The second-order valence-electron chi connectivity index (χ2n) is 4.35. The van der Waals surface area contributed by atoms with E-state index >= 15 is 0 Å². The largest absolute Gasteiger partial charge is 0.382 e. The van der Waals surface area contributed by atoms with Gasteiger partial charge in [-0.15, -0.1) is 0 Å². The van der Waals surface area contributed by atoms with Gasteiger partial charge in [-0.1, -0.05) is 0 Å². The number of benzene rings is 1. The lowest BCUT2D eigenvalue weighted by Gasteiger charge is -2.33. The summed E-state index contributed by atoms with van der Waals surface area (Å²) in [6, 6.07) is 8.27. The van der Waals surface area contributed by atoms with Gasteiger partial charge in [0.15, 0.2) is 0 Å². The van der Waals surface area contributed by atoms with Gasteiger partial charge in [0, 0.05) is 30.5 Å². The second-order valence-corrected chi connectivity index (χ2v) is 4.35. The third-order valence-corrected chi connectivity index (χ3v) is 2.92. The van der Waals surface area contributed by atoms with E-state index in [1.807, 2.05) is 24.3 Å². The van der Waals surface area contributed by atoms with Crippen LogP contribution in [0.5, 0.6) is 0 Å². The van der Waals surface area contributed by atoms with Crippen molar-refractivity contribution in [2.24, 2.45) is 5.73 Å². The fraction of sp³-hybridized carbons (Fsp3) is 0.417. The minimum atomic E-state index is -0.212. The molecule has 5 heteroatoms. The van der Waals surface area contributed by atoms with E-state index in [-0.39, 0.29) is 6.03 Å². The maximum atomic E-state index is 11.1. The Labute approximate surface area is 101 Å². The van der Waals surface area contributed by atoms with E-state index in [4.69, 9.17) is 5.73 Å². The molecule has 5 nitrogen and oxygen atoms in total. The van der Waals surface area contributed by atoms with Crippen LogP contribution >= 0.6 is 0 Å². The van der Waals surface area contributed by atoms with E-state index in [9.17, 15) is 4.79 Å². The molecule has 1 aliphatic carbocycles. The molecule has 1 aromatic rings. The number of carbonyl (C=O) groups is 1. The number of hydrogen-bond acceptors (Lipinski definition) is 3. The molecule has 2 rings (SSSR count). The van der Waals surface area contributed by atoms with Crippen LogP contribution in [0.15, 0.2) is 24.3 Å². The summed E-state index contributed by atoms with van der Waals surface area (Å²) in [5.41, 5.74) is 7.56. The predicted molar refractivity (Wildman–Crippen MR) is 69.1 cm³/mol. The fourth-order valence-corrected chi connectivity index (χ4v) is 1.86. The highest BCUT2D eigenvalue weighted by atomic mass is 16.2. The quantitative estimate of drug-likeness (QED) is 0.637. The average Bonchev–Trinajstić information content (AvgIpc) is 2.29. The number of carbonyl (C=O) groups excluding carboxylic acids is 1. The average molecular weight is 234 g/mol. The summed E-state index contributed by atoms with van der Waals surface area (Å²) in [6.45, 7) is 0. The summed E-state index contributed by atoms with van der Waals surface area (Å²) in [7, 11) is 1.59. The minimum absolute atomic E-state index is 0.212. The molecule has 1 fully saturated rings. The Morgan fingerprint density at radius 3 is 2.35 bits per heavy atom. The molecule has 0 aromatic heterocycles. The Kier molecular flexibility index (Phi) is 3.49. The van der Waals surface area contributed by atoms with Crippen LogP contribution in [0.3, 0.4) is 0 Å². The molecular weight excluding hydrogens is 216 g/mol. The third-order valence-electron chi connectivity index (χ3n) is 2.92. The summed E-state index contributed by atoms with van der Waals surface area (Å²) in [6.07, 6.45) is 2.05. The van der Waals surface area contributed by atoms with Crippen molar-refractivity contribution >= 4 is 17.4 Å². The van der Waals surface area contributed by atoms with Crippen LogP contribution in [0.2, 0.25) is 0 Å². The molecule has 0 saturated heterocycles. The molecule has 17 heavy (non-hydrogen) atoms. The van der Waals surface area contributed by atoms with Gasteiger partial charge >= 0.3 is 6.03 Å². The van der Waals surface area contributed by atoms with Crippen molar-refractivity contribution in [1.29, 1.82) is 0 Å². The molecule has 0 heterocycles. The zero-order chi connectivity index (χ0) is 12.3. The van der Waals surface area contributed by atoms with Gasteiger partial charge in [-0.3, -0.25) is 0 Å². The van der Waals surface area contributed by atoms with Crippen LogP contribution in [-0.2, 0) is 0 Å². The molecule has 2 amide bonds. The van der Waals surface area contributed by atoms with Crippen molar-refractivity contribution in [1.82, 2.24) is 5.32 Å². The number of nitrogens with one attached hydrogen (secondary N) is 3. The number of urea groups is 1. The highest BCUT2D eigenvalue weighted by molar-refractivity contribution is 5.89. The number of nitrogens with two attached hydrogens (primary N) is 1. The summed E-state index contributed by atoms with van der Waals surface area (Å²) in [5.74, 6) is 0. The Hall–Kier alpha value is -1.75. The van der Waals surface area contributed by atoms with Crippen LogP contribution < -0.4 is 21.7 Å². The molecule has 0 unspecified atom stereocenters. The summed E-state index contributed by atoms with van der Waals surface area (Å²) in [5, 5.41) is 8.61. The lowest BCUT2D eigenvalue weighted by Crippen LogP contribution is -2.44. The lowest BCUT2D eigenvalue weighted by molar-refractivity contribution is 0.254. The molecule has 0 radical (unpaired) electrons. The molecule has 5 N–H and O–H groups in total. The molecule has 1 aliphatic rings. The third kappa shape index (κ3) is 3.10. The normalized spacial score (nSPS) is 22.5. The first kappa shape index (κ1) is 11.7. The maximum absolute atomic E-state index is 11.1. The molecule has 0 aliphatic heterocycles. The standard InChI is InChI=1S/C12H18N4O/c1-14-12(17)16-10-4-2-9(3-5-10)15-11-6-8(13)7-11/h2-5,8,11,15H,6-7,13H2,1H3,(H2,14,16,17). The summed E-state index contributed by atoms with van der Waals surface area (Å²) < 4.78 is 0. The van der Waals surface area contributed by atoms with E-state index in [1.54, 1.807) is 7.05 Å². The number of amides is 2. The van der Waals surface area contributed by atoms with E-state index < -0.39 is 0 Å². The van der Waals surface area contributed by atoms with Crippen LogP contribution in [-0.4, -0.2) is 25.2 Å². The Balaban J connectivity index is 1.87. The monoisotopic (exact) mass is 234 g/mol. The molecule has 0 bridgehead atoms. The minimum Gasteiger partial charge on any atom is -0.382 e. The van der Waals surface area contributed by atoms with Crippen LogP contribution in [0.1, 0.15) is 12.8 Å². The number of rotatable bonds is 3. The summed E-state index contributed by atoms with van der Waals surface area (Å²) >= 11 is 0. The topological polar surface area (TPSA) is 79.2 Å². The van der Waals surface area contributed by atoms with Crippen molar-refractivity contribution in [3.63, 3.8) is 0 Å². The van der Waals surface area contributed by atoms with Gasteiger partial charge in [0.2, 0.25) is 0 Å². The smallest absolute Gasteiger partial charge is 0.318 e. The SMILES string of the molecule is CNC(=O)Nc1ccc(NC2CC(N)C2)cc1. The van der Waals surface area contributed by atoms with Crippen molar-refractivity contribution in [3.8, 4) is 0 Å². The van der Waals surface area contributed by atoms with Gasteiger partial charge in [0.25, 0.3) is 0 Å². The first-order valence-electron chi connectivity index (χ1n) is 5.78.